The number of carbonyl (C=O) groups is 3. The molecule has 0 spiro atoms. The topological polar surface area (TPSA) is 97.6 Å². The highest BCUT2D eigenvalue weighted by molar-refractivity contribution is 6.02. The lowest BCUT2D eigenvalue weighted by Gasteiger charge is -2.13. The Balaban J connectivity index is 1.68. The zero-order chi connectivity index (χ0) is 21.3. The van der Waals surface area contributed by atoms with Gasteiger partial charge in [0.15, 0.2) is 5.76 Å². The van der Waals surface area contributed by atoms with Crippen molar-refractivity contribution in [1.82, 2.24) is 5.32 Å². The van der Waals surface area contributed by atoms with Gasteiger partial charge in [0, 0.05) is 13.0 Å². The van der Waals surface area contributed by atoms with E-state index < -0.39 is 11.9 Å². The van der Waals surface area contributed by atoms with Crippen LogP contribution in [-0.2, 0) is 9.53 Å². The molecule has 0 fully saturated rings. The fourth-order valence-corrected chi connectivity index (χ4v) is 2.84. The number of carbonyl (C=O) groups excluding carboxylic acids is 3. The van der Waals surface area contributed by atoms with Crippen LogP contribution in [-0.4, -0.2) is 30.9 Å². The highest BCUT2D eigenvalue weighted by atomic mass is 16.5. The molecule has 154 valence electrons. The van der Waals surface area contributed by atoms with Gasteiger partial charge in [-0.1, -0.05) is 36.4 Å². The third-order valence-corrected chi connectivity index (χ3v) is 4.28. The fourth-order valence-electron chi connectivity index (χ4n) is 2.84. The summed E-state index contributed by atoms with van der Waals surface area (Å²) in [5.41, 5.74) is 2.41. The molecule has 0 unspecified atom stereocenters. The molecule has 0 saturated carbocycles. The van der Waals surface area contributed by atoms with Crippen LogP contribution in [0.3, 0.4) is 0 Å². The summed E-state index contributed by atoms with van der Waals surface area (Å²) in [7, 11) is 0. The van der Waals surface area contributed by atoms with Gasteiger partial charge >= 0.3 is 5.97 Å². The van der Waals surface area contributed by atoms with Crippen LogP contribution < -0.4 is 10.6 Å². The number of furan rings is 1. The first-order valence-corrected chi connectivity index (χ1v) is 9.56. The quantitative estimate of drug-likeness (QED) is 0.553. The standard InChI is InChI=1S/C23H22N2O5/c1-2-29-23(28)18-15-17(16-7-4-3-5-8-16)10-11-19(18)25-21(26)12-13-24-22(27)20-9-6-14-30-20/h3-11,14-15H,2,12-13H2,1H3,(H,24,27)(H,25,26). The van der Waals surface area contributed by atoms with Gasteiger partial charge in [0.2, 0.25) is 5.91 Å². The van der Waals surface area contributed by atoms with Crippen LogP contribution in [0.1, 0.15) is 34.3 Å². The van der Waals surface area contributed by atoms with Gasteiger partial charge < -0.3 is 19.8 Å². The molecule has 0 radical (unpaired) electrons. The second-order valence-electron chi connectivity index (χ2n) is 6.38. The van der Waals surface area contributed by atoms with Gasteiger partial charge in [0.1, 0.15) is 0 Å². The molecule has 0 bridgehead atoms. The number of amides is 2. The van der Waals surface area contributed by atoms with Crippen molar-refractivity contribution in [3.8, 4) is 11.1 Å². The predicted octanol–water partition coefficient (Wildman–Crippen LogP) is 3.88. The van der Waals surface area contributed by atoms with Crippen LogP contribution in [0, 0.1) is 0 Å². The van der Waals surface area contributed by atoms with Crippen LogP contribution in [0.15, 0.2) is 71.3 Å². The number of nitrogens with one attached hydrogen (secondary N) is 2. The Labute approximate surface area is 174 Å². The van der Waals surface area contributed by atoms with Crippen molar-refractivity contribution in [2.75, 3.05) is 18.5 Å². The van der Waals surface area contributed by atoms with E-state index in [4.69, 9.17) is 9.15 Å². The molecule has 2 amide bonds. The van der Waals surface area contributed by atoms with Crippen LogP contribution in [0.25, 0.3) is 11.1 Å². The molecule has 0 aliphatic carbocycles. The van der Waals surface area contributed by atoms with Crippen molar-refractivity contribution < 1.29 is 23.5 Å². The molecular formula is C23H22N2O5. The van der Waals surface area contributed by atoms with E-state index >= 15 is 0 Å². The van der Waals surface area contributed by atoms with Gasteiger partial charge in [-0.15, -0.1) is 0 Å². The van der Waals surface area contributed by atoms with Gasteiger partial charge in [0.05, 0.1) is 24.1 Å². The zero-order valence-electron chi connectivity index (χ0n) is 16.5. The predicted molar refractivity (Wildman–Crippen MR) is 112 cm³/mol. The Morgan fingerprint density at radius 2 is 1.77 bits per heavy atom. The highest BCUT2D eigenvalue weighted by Gasteiger charge is 2.16. The molecule has 0 aliphatic rings. The van der Waals surface area contributed by atoms with Gasteiger partial charge in [-0.2, -0.15) is 0 Å². The summed E-state index contributed by atoms with van der Waals surface area (Å²) < 4.78 is 10.1. The molecule has 3 aromatic rings. The average Bonchev–Trinajstić information content (AvgIpc) is 3.30. The highest BCUT2D eigenvalue weighted by Crippen LogP contribution is 2.26. The van der Waals surface area contributed by atoms with E-state index in [2.05, 4.69) is 10.6 Å². The second kappa shape index (κ2) is 10.1. The van der Waals surface area contributed by atoms with E-state index in [-0.39, 0.29) is 36.8 Å². The number of hydrogen-bond donors (Lipinski definition) is 2. The summed E-state index contributed by atoms with van der Waals surface area (Å²) in [6, 6.07) is 17.9. The third-order valence-electron chi connectivity index (χ3n) is 4.28. The van der Waals surface area contributed by atoms with E-state index in [1.165, 1.54) is 12.3 Å². The van der Waals surface area contributed by atoms with Crippen LogP contribution in [0.2, 0.25) is 0 Å². The van der Waals surface area contributed by atoms with Crippen molar-refractivity contribution in [1.29, 1.82) is 0 Å². The summed E-state index contributed by atoms with van der Waals surface area (Å²) in [6.07, 6.45) is 1.44. The molecule has 7 nitrogen and oxygen atoms in total. The summed E-state index contributed by atoms with van der Waals surface area (Å²) in [4.78, 5) is 36.6. The van der Waals surface area contributed by atoms with Gasteiger partial charge in [0.25, 0.3) is 5.91 Å². The monoisotopic (exact) mass is 406 g/mol. The molecule has 1 heterocycles. The lowest BCUT2D eigenvalue weighted by molar-refractivity contribution is -0.116. The normalized spacial score (nSPS) is 10.3. The fraction of sp³-hybridized carbons (Fsp3) is 0.174. The van der Waals surface area contributed by atoms with E-state index in [1.807, 2.05) is 36.4 Å². The molecular weight excluding hydrogens is 384 g/mol. The number of anilines is 1. The Morgan fingerprint density at radius 1 is 0.967 bits per heavy atom. The molecule has 30 heavy (non-hydrogen) atoms. The number of benzene rings is 2. The average molecular weight is 406 g/mol. The summed E-state index contributed by atoms with van der Waals surface area (Å²) in [6.45, 7) is 2.07. The van der Waals surface area contributed by atoms with E-state index in [1.54, 1.807) is 25.1 Å². The Morgan fingerprint density at radius 3 is 2.47 bits per heavy atom. The molecule has 0 aliphatic heterocycles. The summed E-state index contributed by atoms with van der Waals surface area (Å²) in [5, 5.41) is 5.33. The maximum absolute atomic E-state index is 12.4. The lowest BCUT2D eigenvalue weighted by atomic mass is 10.0. The molecule has 1 aromatic heterocycles. The molecule has 0 atom stereocenters. The Hall–Kier alpha value is -3.87. The van der Waals surface area contributed by atoms with Gasteiger partial charge in [-0.25, -0.2) is 4.79 Å². The summed E-state index contributed by atoms with van der Waals surface area (Å²) in [5.74, 6) is -1.08. The zero-order valence-corrected chi connectivity index (χ0v) is 16.5. The largest absolute Gasteiger partial charge is 0.462 e. The number of hydrogen-bond acceptors (Lipinski definition) is 5. The molecule has 0 saturated heterocycles. The van der Waals surface area contributed by atoms with Crippen molar-refractivity contribution in [3.05, 3.63) is 78.3 Å². The van der Waals surface area contributed by atoms with Crippen LogP contribution >= 0.6 is 0 Å². The Kier molecular flexibility index (Phi) is 7.00. The number of esters is 1. The molecule has 7 heteroatoms. The SMILES string of the molecule is CCOC(=O)c1cc(-c2ccccc2)ccc1NC(=O)CCNC(=O)c1ccco1. The van der Waals surface area contributed by atoms with E-state index in [9.17, 15) is 14.4 Å². The third kappa shape index (κ3) is 5.35. The van der Waals surface area contributed by atoms with E-state index in [0.29, 0.717) is 5.69 Å². The first-order valence-electron chi connectivity index (χ1n) is 9.56. The maximum Gasteiger partial charge on any atom is 0.340 e. The second-order valence-corrected chi connectivity index (χ2v) is 6.38. The first-order chi connectivity index (χ1) is 14.6. The molecule has 2 N–H and O–H groups in total. The van der Waals surface area contributed by atoms with Gasteiger partial charge in [-0.3, -0.25) is 9.59 Å². The van der Waals surface area contributed by atoms with Crippen molar-refractivity contribution in [2.45, 2.75) is 13.3 Å². The minimum atomic E-state index is -0.517. The van der Waals surface area contributed by atoms with Crippen LogP contribution in [0.5, 0.6) is 0 Å². The minimum absolute atomic E-state index is 0.0369. The van der Waals surface area contributed by atoms with Crippen molar-refractivity contribution in [2.24, 2.45) is 0 Å². The van der Waals surface area contributed by atoms with E-state index in [0.717, 1.165) is 11.1 Å². The van der Waals surface area contributed by atoms with Gasteiger partial charge in [-0.05, 0) is 42.3 Å². The smallest absolute Gasteiger partial charge is 0.340 e. The lowest BCUT2D eigenvalue weighted by Crippen LogP contribution is -2.27. The van der Waals surface area contributed by atoms with Crippen molar-refractivity contribution in [3.63, 3.8) is 0 Å². The first kappa shape index (κ1) is 20.9. The number of ether oxygens (including phenoxy) is 1. The number of rotatable bonds is 8. The van der Waals surface area contributed by atoms with Crippen molar-refractivity contribution >= 4 is 23.5 Å². The molecule has 3 rings (SSSR count). The Bertz CT molecular complexity index is 1010. The summed E-state index contributed by atoms with van der Waals surface area (Å²) >= 11 is 0. The molecule has 2 aromatic carbocycles. The minimum Gasteiger partial charge on any atom is -0.462 e. The van der Waals surface area contributed by atoms with Crippen LogP contribution in [0.4, 0.5) is 5.69 Å². The maximum atomic E-state index is 12.4.